The number of nitrogens with zero attached hydrogens (tertiary/aromatic N) is 1. The maximum Gasteiger partial charge on any atom is 0.260 e. The molecule has 0 saturated carbocycles. The molecule has 0 radical (unpaired) electrons. The maximum absolute atomic E-state index is 12.2. The fourth-order valence-electron chi connectivity index (χ4n) is 2.59. The minimum absolute atomic E-state index is 0.0416. The summed E-state index contributed by atoms with van der Waals surface area (Å²) in [6.45, 7) is 5.16. The van der Waals surface area contributed by atoms with E-state index in [1.54, 1.807) is 0 Å². The van der Waals surface area contributed by atoms with Crippen molar-refractivity contribution in [1.29, 1.82) is 0 Å². The first kappa shape index (κ1) is 15.6. The number of carbonyl (C=O) groups is 1. The summed E-state index contributed by atoms with van der Waals surface area (Å²) < 4.78 is 11.1. The van der Waals surface area contributed by atoms with Crippen LogP contribution in [0.25, 0.3) is 0 Å². The number of hydrogen-bond donors (Lipinski definition) is 1. The summed E-state index contributed by atoms with van der Waals surface area (Å²) in [5.74, 6) is 1.90. The zero-order valence-corrected chi connectivity index (χ0v) is 12.8. The molecule has 0 spiro atoms. The van der Waals surface area contributed by atoms with Crippen LogP contribution < -0.4 is 14.8 Å². The number of hydrogen-bond acceptors (Lipinski definition) is 4. The van der Waals surface area contributed by atoms with Gasteiger partial charge in [-0.25, -0.2) is 0 Å². The molecule has 116 valence electrons. The smallest absolute Gasteiger partial charge is 0.260 e. The predicted molar refractivity (Wildman–Crippen MR) is 81.7 cm³/mol. The Morgan fingerprint density at radius 1 is 1.33 bits per heavy atom. The highest BCUT2D eigenvalue weighted by Gasteiger charge is 2.25. The number of amides is 1. The van der Waals surface area contributed by atoms with Crippen molar-refractivity contribution < 1.29 is 14.3 Å². The van der Waals surface area contributed by atoms with Gasteiger partial charge in [-0.05, 0) is 45.0 Å². The van der Waals surface area contributed by atoms with E-state index in [2.05, 4.69) is 5.32 Å². The highest BCUT2D eigenvalue weighted by molar-refractivity contribution is 5.78. The molecule has 21 heavy (non-hydrogen) atoms. The molecule has 0 aromatic heterocycles. The molecule has 5 heteroatoms. The zero-order chi connectivity index (χ0) is 15.1. The first-order valence-corrected chi connectivity index (χ1v) is 7.51. The molecular weight excluding hydrogens is 268 g/mol. The lowest BCUT2D eigenvalue weighted by Crippen LogP contribution is -2.34. The van der Waals surface area contributed by atoms with Gasteiger partial charge in [0.25, 0.3) is 5.91 Å². The van der Waals surface area contributed by atoms with E-state index in [-0.39, 0.29) is 12.5 Å². The molecular formula is C16H24N2O3. The van der Waals surface area contributed by atoms with Crippen LogP contribution >= 0.6 is 0 Å². The second-order valence-corrected chi connectivity index (χ2v) is 5.22. The van der Waals surface area contributed by atoms with Crippen molar-refractivity contribution in [2.24, 2.45) is 5.92 Å². The molecule has 1 amide bonds. The Morgan fingerprint density at radius 3 is 2.71 bits per heavy atom. The van der Waals surface area contributed by atoms with Crippen LogP contribution in [0.3, 0.4) is 0 Å². The van der Waals surface area contributed by atoms with E-state index in [0.717, 1.165) is 26.1 Å². The predicted octanol–water partition coefficient (Wildman–Crippen LogP) is 1.53. The summed E-state index contributed by atoms with van der Waals surface area (Å²) >= 11 is 0. The molecule has 1 saturated heterocycles. The quantitative estimate of drug-likeness (QED) is 0.828. The molecule has 1 aliphatic rings. The minimum Gasteiger partial charge on any atom is -0.490 e. The maximum atomic E-state index is 12.2. The summed E-state index contributed by atoms with van der Waals surface area (Å²) in [4.78, 5) is 14.1. The van der Waals surface area contributed by atoms with Gasteiger partial charge in [-0.2, -0.15) is 0 Å². The second-order valence-electron chi connectivity index (χ2n) is 5.22. The first-order chi connectivity index (χ1) is 10.2. The van der Waals surface area contributed by atoms with E-state index < -0.39 is 0 Å². The Bertz CT molecular complexity index is 465. The largest absolute Gasteiger partial charge is 0.490 e. The van der Waals surface area contributed by atoms with Gasteiger partial charge >= 0.3 is 0 Å². The number of para-hydroxylation sites is 2. The number of nitrogens with one attached hydrogen (secondary N) is 1. The molecule has 1 heterocycles. The topological polar surface area (TPSA) is 50.8 Å². The van der Waals surface area contributed by atoms with E-state index >= 15 is 0 Å². The highest BCUT2D eigenvalue weighted by Crippen LogP contribution is 2.26. The normalized spacial score (nSPS) is 17.8. The van der Waals surface area contributed by atoms with Crippen LogP contribution in [0.4, 0.5) is 0 Å². The van der Waals surface area contributed by atoms with Crippen molar-refractivity contribution in [2.45, 2.75) is 13.3 Å². The van der Waals surface area contributed by atoms with Gasteiger partial charge in [0, 0.05) is 13.1 Å². The van der Waals surface area contributed by atoms with E-state index in [9.17, 15) is 4.79 Å². The lowest BCUT2D eigenvalue weighted by atomic mass is 10.1. The van der Waals surface area contributed by atoms with Crippen molar-refractivity contribution in [3.05, 3.63) is 24.3 Å². The van der Waals surface area contributed by atoms with Crippen molar-refractivity contribution >= 4 is 5.91 Å². The van der Waals surface area contributed by atoms with Gasteiger partial charge in [-0.3, -0.25) is 4.79 Å². The molecule has 1 unspecified atom stereocenters. The Morgan fingerprint density at radius 2 is 2.05 bits per heavy atom. The number of likely N-dealkylation sites (tertiary alicyclic amines) is 1. The fraction of sp³-hybridized carbons (Fsp3) is 0.562. The number of ether oxygens (including phenoxy) is 2. The Hall–Kier alpha value is -1.75. The second kappa shape index (κ2) is 7.88. The first-order valence-electron chi connectivity index (χ1n) is 7.51. The van der Waals surface area contributed by atoms with Crippen LogP contribution in [0.1, 0.15) is 13.3 Å². The average Bonchev–Trinajstić information content (AvgIpc) is 2.95. The van der Waals surface area contributed by atoms with Crippen molar-refractivity contribution in [3.63, 3.8) is 0 Å². The summed E-state index contributed by atoms with van der Waals surface area (Å²) in [6, 6.07) is 7.44. The Balaban J connectivity index is 1.84. The summed E-state index contributed by atoms with van der Waals surface area (Å²) in [5, 5.41) is 3.16. The lowest BCUT2D eigenvalue weighted by Gasteiger charge is -2.17. The van der Waals surface area contributed by atoms with Gasteiger partial charge in [0.15, 0.2) is 18.1 Å². The third-order valence-corrected chi connectivity index (χ3v) is 3.63. The monoisotopic (exact) mass is 292 g/mol. The minimum atomic E-state index is 0.0416. The average molecular weight is 292 g/mol. The van der Waals surface area contributed by atoms with Gasteiger partial charge in [0.1, 0.15) is 0 Å². The van der Waals surface area contributed by atoms with E-state index in [1.165, 1.54) is 0 Å². The van der Waals surface area contributed by atoms with Gasteiger partial charge in [-0.1, -0.05) is 12.1 Å². The molecule has 1 aromatic carbocycles. The molecule has 1 N–H and O–H groups in total. The van der Waals surface area contributed by atoms with Crippen LogP contribution in [-0.2, 0) is 4.79 Å². The van der Waals surface area contributed by atoms with Crippen LogP contribution in [0, 0.1) is 5.92 Å². The van der Waals surface area contributed by atoms with Gasteiger partial charge < -0.3 is 19.7 Å². The fourth-order valence-corrected chi connectivity index (χ4v) is 2.59. The van der Waals surface area contributed by atoms with Gasteiger partial charge in [0.2, 0.25) is 0 Å². The molecule has 5 nitrogen and oxygen atoms in total. The number of carbonyl (C=O) groups excluding carboxylic acids is 1. The summed E-state index contributed by atoms with van der Waals surface area (Å²) in [5.41, 5.74) is 0. The molecule has 0 bridgehead atoms. The van der Waals surface area contributed by atoms with E-state index in [1.807, 2.05) is 43.1 Å². The Labute approximate surface area is 126 Å². The zero-order valence-electron chi connectivity index (χ0n) is 12.8. The van der Waals surface area contributed by atoms with Crippen molar-refractivity contribution in [2.75, 3.05) is 39.9 Å². The molecule has 0 aliphatic carbocycles. The number of benzene rings is 1. The highest BCUT2D eigenvalue weighted by atomic mass is 16.5. The lowest BCUT2D eigenvalue weighted by molar-refractivity contribution is -0.132. The van der Waals surface area contributed by atoms with Crippen LogP contribution in [0.15, 0.2) is 24.3 Å². The molecule has 1 atom stereocenters. The summed E-state index contributed by atoms with van der Waals surface area (Å²) in [7, 11) is 1.94. The molecule has 1 aromatic rings. The van der Waals surface area contributed by atoms with Crippen molar-refractivity contribution in [1.82, 2.24) is 10.2 Å². The standard InChI is InChI=1S/C16H24N2O3/c1-3-20-14-6-4-5-7-15(14)21-12-16(19)18-9-8-13(11-18)10-17-2/h4-7,13,17H,3,8-12H2,1-2H3. The summed E-state index contributed by atoms with van der Waals surface area (Å²) in [6.07, 6.45) is 1.06. The molecule has 1 aliphatic heterocycles. The number of rotatable bonds is 7. The molecule has 1 fully saturated rings. The van der Waals surface area contributed by atoms with Crippen LogP contribution in [0.2, 0.25) is 0 Å². The molecule has 2 rings (SSSR count). The SMILES string of the molecule is CCOc1ccccc1OCC(=O)N1CCC(CNC)C1. The third-order valence-electron chi connectivity index (χ3n) is 3.63. The van der Waals surface area contributed by atoms with Crippen molar-refractivity contribution in [3.8, 4) is 11.5 Å². The van der Waals surface area contributed by atoms with E-state index in [4.69, 9.17) is 9.47 Å². The third kappa shape index (κ3) is 4.36. The van der Waals surface area contributed by atoms with E-state index in [0.29, 0.717) is 24.0 Å². The Kier molecular flexibility index (Phi) is 5.87. The van der Waals surface area contributed by atoms with Crippen LogP contribution in [0.5, 0.6) is 11.5 Å². The van der Waals surface area contributed by atoms with Gasteiger partial charge in [0.05, 0.1) is 6.61 Å². The van der Waals surface area contributed by atoms with Gasteiger partial charge in [-0.15, -0.1) is 0 Å². The van der Waals surface area contributed by atoms with Crippen LogP contribution in [-0.4, -0.2) is 50.7 Å².